The minimum absolute atomic E-state index is 0.00518. The van der Waals surface area contributed by atoms with Gasteiger partial charge < -0.3 is 15.2 Å². The quantitative estimate of drug-likeness (QED) is 0.612. The number of amides is 1. The Balaban J connectivity index is 1.55. The number of aliphatic hydroxyl groups excluding tert-OH is 1. The number of halogens is 2. The second-order valence-corrected chi connectivity index (χ2v) is 6.76. The zero-order chi connectivity index (χ0) is 20.1. The fourth-order valence-corrected chi connectivity index (χ4v) is 2.84. The molecular weight excluding hydrogens is 403 g/mol. The molecule has 2 N–H and O–H groups in total. The van der Waals surface area contributed by atoms with Gasteiger partial charge >= 0.3 is 0 Å². The van der Waals surface area contributed by atoms with E-state index in [0.717, 1.165) is 0 Å². The number of nitrogens with zero attached hydrogens (tertiary/aromatic N) is 3. The van der Waals surface area contributed by atoms with E-state index in [2.05, 4.69) is 15.4 Å². The third-order valence-electron chi connectivity index (χ3n) is 3.97. The average molecular weight is 421 g/mol. The molecule has 1 atom stereocenters. The maximum atomic E-state index is 12.4. The van der Waals surface area contributed by atoms with Crippen LogP contribution in [-0.2, 0) is 0 Å². The fourth-order valence-electron chi connectivity index (χ4n) is 2.49. The first-order valence-corrected chi connectivity index (χ1v) is 9.22. The Bertz CT molecular complexity index is 963. The SMILES string of the molecule is Cc1c(C(=O)NCC(O)COc2cccc(Cl)c2Cl)cnn1-c1ccccn1. The lowest BCUT2D eigenvalue weighted by Gasteiger charge is -2.14. The Morgan fingerprint density at radius 3 is 2.86 bits per heavy atom. The number of pyridine rings is 1. The van der Waals surface area contributed by atoms with Gasteiger partial charge in [0.25, 0.3) is 5.91 Å². The van der Waals surface area contributed by atoms with Gasteiger partial charge in [-0.05, 0) is 31.2 Å². The summed E-state index contributed by atoms with van der Waals surface area (Å²) in [4.78, 5) is 16.6. The summed E-state index contributed by atoms with van der Waals surface area (Å²) in [6.45, 7) is 1.73. The first kappa shape index (κ1) is 20.1. The van der Waals surface area contributed by atoms with Crippen molar-refractivity contribution in [1.29, 1.82) is 0 Å². The minimum Gasteiger partial charge on any atom is -0.489 e. The average Bonchev–Trinajstić information content (AvgIpc) is 3.09. The smallest absolute Gasteiger partial charge is 0.254 e. The molecule has 0 aliphatic carbocycles. The maximum absolute atomic E-state index is 12.4. The zero-order valence-corrected chi connectivity index (χ0v) is 16.5. The lowest BCUT2D eigenvalue weighted by atomic mass is 10.2. The molecule has 0 spiro atoms. The van der Waals surface area contributed by atoms with Crippen molar-refractivity contribution in [2.45, 2.75) is 13.0 Å². The summed E-state index contributed by atoms with van der Waals surface area (Å²) in [6.07, 6.45) is 2.19. The molecule has 1 unspecified atom stereocenters. The van der Waals surface area contributed by atoms with E-state index in [1.165, 1.54) is 6.20 Å². The standard InChI is InChI=1S/C19H18Cl2N4O3/c1-12-14(10-24-25(12)17-7-2-3-8-22-17)19(27)23-9-13(26)11-28-16-6-4-5-15(20)18(16)21/h2-8,10,13,26H,9,11H2,1H3,(H,23,27). The maximum Gasteiger partial charge on any atom is 0.254 e. The molecule has 3 rings (SSSR count). The van der Waals surface area contributed by atoms with Crippen LogP contribution in [0.3, 0.4) is 0 Å². The van der Waals surface area contributed by atoms with Crippen LogP contribution in [0, 0.1) is 6.92 Å². The van der Waals surface area contributed by atoms with Gasteiger partial charge in [0.05, 0.1) is 22.5 Å². The van der Waals surface area contributed by atoms with Crippen LogP contribution >= 0.6 is 23.2 Å². The molecular formula is C19H18Cl2N4O3. The first-order chi connectivity index (χ1) is 13.5. The number of rotatable bonds is 7. The molecule has 1 amide bonds. The first-order valence-electron chi connectivity index (χ1n) is 8.46. The number of ether oxygens (including phenoxy) is 1. The van der Waals surface area contributed by atoms with Crippen molar-refractivity contribution in [3.05, 3.63) is 70.1 Å². The lowest BCUT2D eigenvalue weighted by Crippen LogP contribution is -2.35. The van der Waals surface area contributed by atoms with Crippen molar-refractivity contribution in [3.8, 4) is 11.6 Å². The van der Waals surface area contributed by atoms with Crippen LogP contribution in [0.1, 0.15) is 16.1 Å². The van der Waals surface area contributed by atoms with E-state index in [1.807, 2.05) is 6.07 Å². The van der Waals surface area contributed by atoms with E-state index in [0.29, 0.717) is 27.8 Å². The molecule has 0 aliphatic rings. The van der Waals surface area contributed by atoms with E-state index in [9.17, 15) is 9.90 Å². The molecule has 0 saturated heterocycles. The molecule has 0 fully saturated rings. The van der Waals surface area contributed by atoms with Crippen molar-refractivity contribution in [2.24, 2.45) is 0 Å². The van der Waals surface area contributed by atoms with E-state index < -0.39 is 6.10 Å². The van der Waals surface area contributed by atoms with Crippen molar-refractivity contribution >= 4 is 29.1 Å². The molecule has 146 valence electrons. The van der Waals surface area contributed by atoms with Crippen molar-refractivity contribution in [1.82, 2.24) is 20.1 Å². The molecule has 28 heavy (non-hydrogen) atoms. The Morgan fingerprint density at radius 1 is 1.29 bits per heavy atom. The van der Waals surface area contributed by atoms with E-state index in [4.69, 9.17) is 27.9 Å². The minimum atomic E-state index is -0.926. The van der Waals surface area contributed by atoms with Gasteiger partial charge in [-0.2, -0.15) is 5.10 Å². The van der Waals surface area contributed by atoms with Crippen LogP contribution in [0.4, 0.5) is 0 Å². The van der Waals surface area contributed by atoms with Crippen molar-refractivity contribution in [3.63, 3.8) is 0 Å². The van der Waals surface area contributed by atoms with Crippen LogP contribution in [0.5, 0.6) is 5.75 Å². The summed E-state index contributed by atoms with van der Waals surface area (Å²) in [6, 6.07) is 10.4. The second kappa shape index (κ2) is 9.05. The van der Waals surface area contributed by atoms with E-state index >= 15 is 0 Å². The summed E-state index contributed by atoms with van der Waals surface area (Å²) in [7, 11) is 0. The molecule has 0 bridgehead atoms. The van der Waals surface area contributed by atoms with Gasteiger partial charge in [-0.1, -0.05) is 35.3 Å². The number of carbonyl (C=O) groups is 1. The Kier molecular flexibility index (Phi) is 6.51. The largest absolute Gasteiger partial charge is 0.489 e. The van der Waals surface area contributed by atoms with Crippen LogP contribution in [0.2, 0.25) is 10.0 Å². The van der Waals surface area contributed by atoms with Crippen molar-refractivity contribution < 1.29 is 14.6 Å². The number of carbonyl (C=O) groups excluding carboxylic acids is 1. The molecule has 1 aromatic carbocycles. The van der Waals surface area contributed by atoms with Crippen LogP contribution in [0.15, 0.2) is 48.8 Å². The number of aromatic nitrogens is 3. The highest BCUT2D eigenvalue weighted by Gasteiger charge is 2.17. The predicted octanol–water partition coefficient (Wildman–Crippen LogP) is 3.05. The molecule has 0 aliphatic heterocycles. The van der Waals surface area contributed by atoms with Crippen LogP contribution < -0.4 is 10.1 Å². The van der Waals surface area contributed by atoms with Crippen LogP contribution in [0.25, 0.3) is 5.82 Å². The monoisotopic (exact) mass is 420 g/mol. The number of hydrogen-bond acceptors (Lipinski definition) is 5. The number of nitrogens with one attached hydrogen (secondary N) is 1. The summed E-state index contributed by atoms with van der Waals surface area (Å²) in [5.74, 6) is 0.637. The van der Waals surface area contributed by atoms with Gasteiger partial charge in [0.2, 0.25) is 0 Å². The van der Waals surface area contributed by atoms with Crippen LogP contribution in [-0.4, -0.2) is 45.0 Å². The molecule has 0 radical (unpaired) electrons. The van der Waals surface area contributed by atoms with Gasteiger partial charge in [0.15, 0.2) is 5.82 Å². The summed E-state index contributed by atoms with van der Waals surface area (Å²) >= 11 is 11.9. The lowest BCUT2D eigenvalue weighted by molar-refractivity contribution is 0.0843. The highest BCUT2D eigenvalue weighted by atomic mass is 35.5. The summed E-state index contributed by atoms with van der Waals surface area (Å²) in [5.41, 5.74) is 1.05. The van der Waals surface area contributed by atoms with Gasteiger partial charge in [0.1, 0.15) is 23.5 Å². The highest BCUT2D eigenvalue weighted by molar-refractivity contribution is 6.42. The molecule has 0 saturated carbocycles. The van der Waals surface area contributed by atoms with Gasteiger partial charge in [-0.25, -0.2) is 9.67 Å². The number of aliphatic hydroxyl groups is 1. The van der Waals surface area contributed by atoms with Gasteiger partial charge in [-0.15, -0.1) is 0 Å². The third-order valence-corrected chi connectivity index (χ3v) is 4.77. The Morgan fingerprint density at radius 2 is 2.11 bits per heavy atom. The summed E-state index contributed by atoms with van der Waals surface area (Å²) < 4.78 is 7.04. The normalized spacial score (nSPS) is 11.9. The van der Waals surface area contributed by atoms with Gasteiger partial charge in [0, 0.05) is 12.7 Å². The zero-order valence-electron chi connectivity index (χ0n) is 15.0. The topological polar surface area (TPSA) is 89.3 Å². The van der Waals surface area contributed by atoms with Crippen molar-refractivity contribution in [2.75, 3.05) is 13.2 Å². The summed E-state index contributed by atoms with van der Waals surface area (Å²) in [5, 5.41) is 17.6. The van der Waals surface area contributed by atoms with Gasteiger partial charge in [-0.3, -0.25) is 4.79 Å². The highest BCUT2D eigenvalue weighted by Crippen LogP contribution is 2.31. The second-order valence-electron chi connectivity index (χ2n) is 5.97. The van der Waals surface area contributed by atoms with E-state index in [-0.39, 0.29) is 24.1 Å². The Labute approximate surface area is 171 Å². The number of benzene rings is 1. The fraction of sp³-hybridized carbons (Fsp3) is 0.211. The Hall–Kier alpha value is -2.61. The molecule has 3 aromatic rings. The molecule has 2 heterocycles. The molecule has 9 heteroatoms. The van der Waals surface area contributed by atoms with E-state index in [1.54, 1.807) is 48.1 Å². The molecule has 2 aromatic heterocycles. The third kappa shape index (κ3) is 4.62. The predicted molar refractivity (Wildman–Crippen MR) is 106 cm³/mol. The molecule has 7 nitrogen and oxygen atoms in total. The number of hydrogen-bond donors (Lipinski definition) is 2.